The molecule has 5 aromatic carbocycles. The number of carboxylic acids is 1. The number of thioether (sulfide) groups is 1. The molecule has 8 rings (SSSR count). The van der Waals surface area contributed by atoms with Crippen molar-refractivity contribution in [2.75, 3.05) is 37.7 Å². The van der Waals surface area contributed by atoms with Gasteiger partial charge in [-0.05, 0) is 114 Å². The van der Waals surface area contributed by atoms with Crippen molar-refractivity contribution in [1.29, 1.82) is 5.41 Å². The predicted molar refractivity (Wildman–Crippen MR) is 496 cm³/mol. The molecule has 0 spiro atoms. The van der Waals surface area contributed by atoms with Crippen molar-refractivity contribution < 1.29 is 107 Å². The van der Waals surface area contributed by atoms with Crippen molar-refractivity contribution in [3.05, 3.63) is 192 Å². The maximum atomic E-state index is 15.5. The number of rotatable bonds is 28. The number of H-pyrrole nitrogens is 2. The Bertz CT molecular complexity index is 5290. The fraction of sp³-hybridized carbons (Fsp3) is 0.407. The highest BCUT2D eigenvalue weighted by molar-refractivity contribution is 8.00. The van der Waals surface area contributed by atoms with Gasteiger partial charge in [-0.3, -0.25) is 86.9 Å². The predicted octanol–water partition coefficient (Wildman–Crippen LogP) is -3.43. The summed E-state index contributed by atoms with van der Waals surface area (Å²) in [5.41, 5.74) is 13.2. The van der Waals surface area contributed by atoms with Gasteiger partial charge in [-0.25, -0.2) is 9.97 Å². The Morgan fingerprint density at radius 2 is 0.788 bits per heavy atom. The number of aromatic hydroxyl groups is 4. The van der Waals surface area contributed by atoms with E-state index >= 15 is 38.4 Å². The smallest absolute Gasteiger partial charge is 0.303 e. The highest BCUT2D eigenvalue weighted by Crippen LogP contribution is 2.21. The molecular formula is C91H117N23O22S. The van der Waals surface area contributed by atoms with Gasteiger partial charge in [0.2, 0.25) is 94.5 Å². The first-order valence-corrected chi connectivity index (χ1v) is 45.2. The number of amides is 16. The van der Waals surface area contributed by atoms with E-state index < -0.39 is 255 Å². The number of aromatic amines is 2. The Morgan fingerprint density at radius 3 is 1.19 bits per heavy atom. The first kappa shape index (κ1) is 107. The van der Waals surface area contributed by atoms with E-state index in [1.54, 1.807) is 58.0 Å². The highest BCUT2D eigenvalue weighted by Gasteiger charge is 2.39. The first-order chi connectivity index (χ1) is 65.3. The molecule has 1 saturated heterocycles. The summed E-state index contributed by atoms with van der Waals surface area (Å²) >= 11 is 0.726. The van der Waals surface area contributed by atoms with Gasteiger partial charge >= 0.3 is 5.97 Å². The van der Waals surface area contributed by atoms with Gasteiger partial charge in [0, 0.05) is 76.1 Å². The summed E-state index contributed by atoms with van der Waals surface area (Å²) in [5.74, 6) is -21.2. The molecule has 734 valence electrons. The summed E-state index contributed by atoms with van der Waals surface area (Å²) in [7, 11) is 0. The van der Waals surface area contributed by atoms with Gasteiger partial charge in [0.1, 0.15) is 95.5 Å². The summed E-state index contributed by atoms with van der Waals surface area (Å²) in [4.78, 5) is 260. The number of phenolic OH excluding ortho intramolecular Hbond substituents is 4. The average molecular weight is 1920 g/mol. The molecule has 1 fully saturated rings. The third kappa shape index (κ3) is 37.0. The Balaban J connectivity index is 1.20. The fourth-order valence-corrected chi connectivity index (χ4v) is 15.1. The third-order valence-corrected chi connectivity index (χ3v) is 22.7. The second-order valence-corrected chi connectivity index (χ2v) is 34.1. The second-order valence-electron chi connectivity index (χ2n) is 33.1. The maximum absolute atomic E-state index is 15.5. The highest BCUT2D eigenvalue weighted by atomic mass is 32.2. The van der Waals surface area contributed by atoms with E-state index in [-0.39, 0.29) is 91.8 Å². The lowest BCUT2D eigenvalue weighted by Gasteiger charge is -2.30. The molecule has 0 saturated carbocycles. The molecule has 45 nitrogen and oxygen atoms in total. The van der Waals surface area contributed by atoms with Gasteiger partial charge in [0.25, 0.3) is 0 Å². The number of benzene rings is 5. The number of phenols is 4. The third-order valence-electron chi connectivity index (χ3n) is 21.7. The number of nitrogens with zero attached hydrogens (tertiary/aromatic N) is 2. The van der Waals surface area contributed by atoms with Crippen LogP contribution in [-0.2, 0) is 126 Å². The summed E-state index contributed by atoms with van der Waals surface area (Å²) in [6.45, 7) is 4.01. The number of carbonyl (C=O) groups is 17. The minimum absolute atomic E-state index is 0.00889. The number of nitrogens with two attached hydrogens (primary N) is 2. The number of primary amides is 1. The summed E-state index contributed by atoms with van der Waals surface area (Å²) in [6, 6.07) is 10.4. The van der Waals surface area contributed by atoms with Gasteiger partial charge in [-0.15, -0.1) is 11.8 Å². The Morgan fingerprint density at radius 1 is 0.431 bits per heavy atom. The van der Waals surface area contributed by atoms with Crippen LogP contribution in [0.4, 0.5) is 0 Å². The lowest BCUT2D eigenvalue weighted by Crippen LogP contribution is -2.62. The molecule has 3 heterocycles. The number of hydrogen-bond donors (Lipinski definition) is 26. The number of guanidine groups is 1. The van der Waals surface area contributed by atoms with E-state index in [0.717, 1.165) is 11.8 Å². The van der Waals surface area contributed by atoms with Crippen LogP contribution in [0.1, 0.15) is 105 Å². The molecule has 0 bridgehead atoms. The van der Waals surface area contributed by atoms with Crippen LogP contribution in [0.25, 0.3) is 0 Å². The number of nitrogens with one attached hydrogen (secondary N) is 19. The topological polar surface area (TPSA) is 717 Å². The van der Waals surface area contributed by atoms with Crippen LogP contribution in [0.3, 0.4) is 0 Å². The minimum atomic E-state index is -1.74. The summed E-state index contributed by atoms with van der Waals surface area (Å²) in [6.07, 6.45) is 1.24. The van der Waals surface area contributed by atoms with Gasteiger partial charge in [0.05, 0.1) is 49.4 Å². The van der Waals surface area contributed by atoms with Gasteiger partial charge < -0.3 is 132 Å². The molecule has 0 aliphatic carbocycles. The molecule has 13 atom stereocenters. The maximum Gasteiger partial charge on any atom is 0.303 e. The van der Waals surface area contributed by atoms with E-state index in [1.165, 1.54) is 122 Å². The minimum Gasteiger partial charge on any atom is -0.508 e. The molecule has 7 aromatic rings. The standard InChI is InChI=1S/C91H117N23O22S/c1-5-50(4)78-90(136)113-69(33-51-10-7-6-8-11-51)87(133)108-65(34-52-13-21-58(115)22-14-52)80(126)100-43-74(120)103-63(29-30-77(123)124)82(128)107-64(32-49(2)3)79(125)99-44-75(121)105-72(81(127)98-42-73(92)119)45-137-46-76(122)104-66(35-53-15-23-59(116)24-16-53)84(130)111-71(39-57-41-96-48-102-57)89(135)112-70(38-56-40-95-47-101-56)88(134)110-68(37-55-19-27-61(118)28-20-55)86(132)109-67(36-54-17-25-60(117)26-18-54)85(131)106-62(83(129)114-78)12-9-31-97-91(93)94/h6-8,10-11,13-28,40-41,47-50,62-72,78,115-118H,5,9,12,29-39,42-46H2,1-4H3,(H2,92,119)(H,95,101)(H,96,102)(H,98,127)(H,99,125)(H,100,126)(H,103,120)(H,104,122)(H,105,121)(H,106,131)(H,107,128)(H,108,133)(H,109,132)(H,110,134)(H,111,130)(H,112,135)(H,113,136)(H,114,129)(H,123,124)(H4,93,94,97)/t50-,62-,63-,64-,65-,66-,67-,68-,69-,70-,71-,72-,78-/m0/s1. The Hall–Kier alpha value is -15.7. The zero-order chi connectivity index (χ0) is 99.8. The largest absolute Gasteiger partial charge is 0.508 e. The van der Waals surface area contributed by atoms with Crippen molar-refractivity contribution in [2.24, 2.45) is 23.3 Å². The van der Waals surface area contributed by atoms with Crippen molar-refractivity contribution in [3.8, 4) is 23.0 Å². The zero-order valence-electron chi connectivity index (χ0n) is 75.6. The van der Waals surface area contributed by atoms with E-state index in [2.05, 4.69) is 105 Å². The Kier molecular flexibility index (Phi) is 42.0. The number of carboxylic acid groups (broad SMARTS) is 1. The van der Waals surface area contributed by atoms with Crippen molar-refractivity contribution in [3.63, 3.8) is 0 Å². The summed E-state index contributed by atoms with van der Waals surface area (Å²) in [5, 5.41) is 100. The van der Waals surface area contributed by atoms with Crippen LogP contribution in [0, 0.1) is 17.2 Å². The normalized spacial score (nSPS) is 21.8. The van der Waals surface area contributed by atoms with Crippen LogP contribution in [0.15, 0.2) is 152 Å². The lowest BCUT2D eigenvalue weighted by molar-refractivity contribution is -0.138. The van der Waals surface area contributed by atoms with Crippen LogP contribution < -0.4 is 96.5 Å². The van der Waals surface area contributed by atoms with E-state index in [0.29, 0.717) is 27.8 Å². The molecule has 0 radical (unpaired) electrons. The summed E-state index contributed by atoms with van der Waals surface area (Å²) < 4.78 is 0. The van der Waals surface area contributed by atoms with Crippen LogP contribution in [0.5, 0.6) is 23.0 Å². The lowest BCUT2D eigenvalue weighted by atomic mass is 9.96. The molecule has 2 aromatic heterocycles. The molecule has 1 aliphatic heterocycles. The average Bonchev–Trinajstić information content (AvgIpc) is 1.73. The monoisotopic (exact) mass is 1920 g/mol. The van der Waals surface area contributed by atoms with Crippen LogP contribution in [-0.4, -0.2) is 262 Å². The number of imidazole rings is 2. The quantitative estimate of drug-likeness (QED) is 0.0129. The van der Waals surface area contributed by atoms with Crippen molar-refractivity contribution >= 4 is 118 Å². The molecule has 0 unspecified atom stereocenters. The van der Waals surface area contributed by atoms with E-state index in [1.807, 2.05) is 0 Å². The molecule has 28 N–H and O–H groups in total. The van der Waals surface area contributed by atoms with Crippen LogP contribution >= 0.6 is 11.8 Å². The van der Waals surface area contributed by atoms with E-state index in [4.69, 9.17) is 16.9 Å². The Labute approximate surface area is 791 Å². The number of hydrogen-bond acceptors (Lipinski definition) is 25. The SMILES string of the molecule is CC[C@H](C)[C@@H]1NC(=O)[C@H](CCCNC(=N)N)NC(=O)[C@H](Cc2ccc(O)cc2)NC(=O)[C@H](Cc2ccc(O)cc2)NC(=O)[C@H](Cc2c[nH]cn2)NC(=O)[C@H](Cc2c[nH]cn2)NC(=O)[C@H](Cc2ccc(O)cc2)NC(=O)CSC[C@@H](C(=O)NCC(N)=O)NC(=O)CNC(=O)[C@H](CC(C)C)NC(=O)[C@H](CCC(=O)O)NC(=O)CNC(=O)[C@H](Cc2ccc(O)cc2)NC(=O)[C@H](Cc2ccccc2)NC1=O. The molecule has 16 amide bonds. The van der Waals surface area contributed by atoms with Crippen molar-refractivity contribution in [2.45, 2.75) is 184 Å². The molecule has 137 heavy (non-hydrogen) atoms. The van der Waals surface area contributed by atoms with Crippen LogP contribution in [0.2, 0.25) is 0 Å². The molecule has 46 heteroatoms. The number of aliphatic carboxylic acids is 1. The number of aromatic nitrogens is 4. The van der Waals surface area contributed by atoms with E-state index in [9.17, 15) is 68.7 Å². The molecule has 1 aliphatic rings. The van der Waals surface area contributed by atoms with Gasteiger partial charge in [-0.2, -0.15) is 0 Å². The van der Waals surface area contributed by atoms with Gasteiger partial charge in [0.15, 0.2) is 5.96 Å². The first-order valence-electron chi connectivity index (χ1n) is 44.0. The second kappa shape index (κ2) is 53.9. The van der Waals surface area contributed by atoms with Gasteiger partial charge in [-0.1, -0.05) is 113 Å². The zero-order valence-corrected chi connectivity index (χ0v) is 76.4. The van der Waals surface area contributed by atoms with Crippen molar-refractivity contribution in [1.82, 2.24) is 105 Å². The molecular weight excluding hydrogens is 1800 g/mol. The number of carbonyl (C=O) groups excluding carboxylic acids is 16. The fourth-order valence-electron chi connectivity index (χ4n) is 14.2.